The topological polar surface area (TPSA) is 57.2 Å². The van der Waals surface area contributed by atoms with Crippen LogP contribution >= 0.6 is 0 Å². The van der Waals surface area contributed by atoms with Crippen LogP contribution in [0.25, 0.3) is 0 Å². The van der Waals surface area contributed by atoms with Crippen molar-refractivity contribution >= 4 is 8.32 Å². The SMILES string of the molecule is COc1ccc(C2O[C@H]([C@@H](C)CO)[C@H](C)[C@H](/C(C)=C/[C@H](C)CO[Si](C)(C)C(C)(C)C)O2)cc1. The van der Waals surface area contributed by atoms with Crippen LogP contribution in [0.1, 0.15) is 60.3 Å². The van der Waals surface area contributed by atoms with Crippen molar-refractivity contribution in [1.82, 2.24) is 0 Å². The van der Waals surface area contributed by atoms with E-state index in [9.17, 15) is 5.11 Å². The highest BCUT2D eigenvalue weighted by Crippen LogP contribution is 2.40. The van der Waals surface area contributed by atoms with E-state index in [0.29, 0.717) is 6.61 Å². The Bertz CT molecular complexity index is 768. The Labute approximate surface area is 202 Å². The van der Waals surface area contributed by atoms with Gasteiger partial charge in [0.1, 0.15) is 5.75 Å². The van der Waals surface area contributed by atoms with Crippen molar-refractivity contribution < 1.29 is 23.7 Å². The second-order valence-electron chi connectivity index (χ2n) is 11.2. The van der Waals surface area contributed by atoms with E-state index >= 15 is 0 Å². The number of rotatable bonds is 9. The lowest BCUT2D eigenvalue weighted by atomic mass is 9.84. The second-order valence-corrected chi connectivity index (χ2v) is 16.1. The first-order valence-corrected chi connectivity index (χ1v) is 15.1. The molecule has 6 atom stereocenters. The van der Waals surface area contributed by atoms with Crippen LogP contribution in [0.3, 0.4) is 0 Å². The van der Waals surface area contributed by atoms with Gasteiger partial charge in [-0.2, -0.15) is 0 Å². The first-order valence-electron chi connectivity index (χ1n) is 12.2. The molecule has 1 saturated heterocycles. The number of benzene rings is 1. The van der Waals surface area contributed by atoms with Crippen molar-refractivity contribution in [3.8, 4) is 5.75 Å². The molecular weight excluding hydrogens is 432 g/mol. The van der Waals surface area contributed by atoms with E-state index in [2.05, 4.69) is 60.7 Å². The average Bonchev–Trinajstić information content (AvgIpc) is 2.76. The van der Waals surface area contributed by atoms with Crippen LogP contribution in [0.2, 0.25) is 18.1 Å². The van der Waals surface area contributed by atoms with Gasteiger partial charge in [0.05, 0.1) is 19.3 Å². The molecule has 0 spiro atoms. The van der Waals surface area contributed by atoms with Gasteiger partial charge in [-0.25, -0.2) is 0 Å². The first kappa shape index (κ1) is 28.1. The minimum absolute atomic E-state index is 0.0132. The molecule has 1 aromatic rings. The summed E-state index contributed by atoms with van der Waals surface area (Å²) in [6, 6.07) is 7.79. The van der Waals surface area contributed by atoms with Crippen LogP contribution in [0.4, 0.5) is 0 Å². The van der Waals surface area contributed by atoms with Crippen LogP contribution in [0.5, 0.6) is 5.75 Å². The van der Waals surface area contributed by atoms with Crippen molar-refractivity contribution in [1.29, 1.82) is 0 Å². The molecule has 1 unspecified atom stereocenters. The van der Waals surface area contributed by atoms with Crippen molar-refractivity contribution in [3.05, 3.63) is 41.5 Å². The summed E-state index contributed by atoms with van der Waals surface area (Å²) in [7, 11) is -0.128. The lowest BCUT2D eigenvalue weighted by molar-refractivity contribution is -0.273. The highest BCUT2D eigenvalue weighted by Gasteiger charge is 2.41. The van der Waals surface area contributed by atoms with Crippen LogP contribution in [0.15, 0.2) is 35.9 Å². The van der Waals surface area contributed by atoms with Gasteiger partial charge in [0, 0.05) is 30.6 Å². The van der Waals surface area contributed by atoms with E-state index < -0.39 is 14.6 Å². The highest BCUT2D eigenvalue weighted by molar-refractivity contribution is 6.74. The lowest BCUT2D eigenvalue weighted by Gasteiger charge is -2.43. The van der Waals surface area contributed by atoms with Crippen molar-refractivity contribution in [2.24, 2.45) is 17.8 Å². The van der Waals surface area contributed by atoms with Gasteiger partial charge in [0.15, 0.2) is 14.6 Å². The van der Waals surface area contributed by atoms with Crippen LogP contribution in [0, 0.1) is 17.8 Å². The molecule has 1 heterocycles. The van der Waals surface area contributed by atoms with Gasteiger partial charge in [0.25, 0.3) is 0 Å². The molecule has 1 aliphatic rings. The minimum atomic E-state index is -1.78. The third-order valence-electron chi connectivity index (χ3n) is 7.29. The van der Waals surface area contributed by atoms with Crippen molar-refractivity contribution in [2.75, 3.05) is 20.3 Å². The standard InChI is InChI=1S/C27H46O5Si/c1-18(17-30-33(9,10)27(5,6)7)15-19(2)24-21(4)25(20(3)16-28)32-26(31-24)22-11-13-23(29-8)14-12-22/h11-15,18,20-21,24-26,28H,16-17H2,1-10H3/b19-15+/t18-,20-,21+,24-,25+,26?/m0/s1. The molecular formula is C27H46O5Si. The summed E-state index contributed by atoms with van der Waals surface area (Å²) in [5.74, 6) is 1.21. The fraction of sp³-hybridized carbons (Fsp3) is 0.704. The van der Waals surface area contributed by atoms with Crippen LogP contribution in [-0.4, -0.2) is 46.0 Å². The fourth-order valence-corrected chi connectivity index (χ4v) is 5.19. The van der Waals surface area contributed by atoms with E-state index in [4.69, 9.17) is 18.6 Å². The van der Waals surface area contributed by atoms with E-state index in [1.807, 2.05) is 31.2 Å². The zero-order valence-corrected chi connectivity index (χ0v) is 23.3. The number of aliphatic hydroxyl groups excluding tert-OH is 1. The Kier molecular flexibility index (Phi) is 9.77. The Hall–Kier alpha value is -1.18. The summed E-state index contributed by atoms with van der Waals surface area (Å²) in [6.45, 7) is 20.7. The Morgan fingerprint density at radius 1 is 1.15 bits per heavy atom. The summed E-state index contributed by atoms with van der Waals surface area (Å²) in [5.41, 5.74) is 2.13. The van der Waals surface area contributed by atoms with Crippen LogP contribution in [-0.2, 0) is 13.9 Å². The Balaban J connectivity index is 2.21. The van der Waals surface area contributed by atoms with Gasteiger partial charge in [0.2, 0.25) is 0 Å². The quantitative estimate of drug-likeness (QED) is 0.331. The van der Waals surface area contributed by atoms with E-state index in [1.54, 1.807) is 7.11 Å². The fourth-order valence-electron chi connectivity index (χ4n) is 4.07. The normalized spacial score (nSPS) is 26.7. The molecule has 2 rings (SSSR count). The maximum atomic E-state index is 9.85. The molecule has 0 radical (unpaired) electrons. The van der Waals surface area contributed by atoms with Gasteiger partial charge >= 0.3 is 0 Å². The van der Waals surface area contributed by atoms with Gasteiger partial charge in [-0.05, 0) is 48.7 Å². The molecule has 0 aromatic heterocycles. The number of hydrogen-bond donors (Lipinski definition) is 1. The molecule has 188 valence electrons. The van der Waals surface area contributed by atoms with Crippen molar-refractivity contribution in [3.63, 3.8) is 0 Å². The molecule has 1 N–H and O–H groups in total. The predicted octanol–water partition coefficient (Wildman–Crippen LogP) is 6.35. The summed E-state index contributed by atoms with van der Waals surface area (Å²) < 4.78 is 24.6. The number of aliphatic hydroxyl groups is 1. The van der Waals surface area contributed by atoms with Crippen LogP contribution < -0.4 is 4.74 Å². The van der Waals surface area contributed by atoms with Gasteiger partial charge < -0.3 is 23.7 Å². The summed E-state index contributed by atoms with van der Waals surface area (Å²) in [6.07, 6.45) is 1.59. The summed E-state index contributed by atoms with van der Waals surface area (Å²) in [4.78, 5) is 0. The van der Waals surface area contributed by atoms with E-state index in [0.717, 1.165) is 11.3 Å². The van der Waals surface area contributed by atoms with E-state index in [-0.39, 0.29) is 41.6 Å². The minimum Gasteiger partial charge on any atom is -0.497 e. The average molecular weight is 479 g/mol. The zero-order valence-electron chi connectivity index (χ0n) is 22.3. The monoisotopic (exact) mass is 478 g/mol. The number of ether oxygens (including phenoxy) is 3. The van der Waals surface area contributed by atoms with Crippen molar-refractivity contribution in [2.45, 2.75) is 85.1 Å². The van der Waals surface area contributed by atoms with Gasteiger partial charge in [-0.3, -0.25) is 0 Å². The lowest BCUT2D eigenvalue weighted by Crippen LogP contribution is -2.46. The predicted molar refractivity (Wildman–Crippen MR) is 137 cm³/mol. The molecule has 0 amide bonds. The maximum absolute atomic E-state index is 9.85. The molecule has 0 bridgehead atoms. The third kappa shape index (κ3) is 7.15. The number of methoxy groups -OCH3 is 1. The number of hydrogen-bond acceptors (Lipinski definition) is 5. The second kappa shape index (κ2) is 11.5. The highest BCUT2D eigenvalue weighted by atomic mass is 28.4. The largest absolute Gasteiger partial charge is 0.497 e. The molecule has 5 nitrogen and oxygen atoms in total. The first-order chi connectivity index (χ1) is 15.3. The molecule has 1 aromatic carbocycles. The smallest absolute Gasteiger partial charge is 0.192 e. The Morgan fingerprint density at radius 3 is 2.27 bits per heavy atom. The zero-order chi connectivity index (χ0) is 25.0. The van der Waals surface area contributed by atoms with E-state index in [1.165, 1.54) is 5.57 Å². The molecule has 6 heteroatoms. The molecule has 1 aliphatic heterocycles. The molecule has 0 aliphatic carbocycles. The molecule has 0 saturated carbocycles. The third-order valence-corrected chi connectivity index (χ3v) is 11.8. The summed E-state index contributed by atoms with van der Waals surface area (Å²) >= 11 is 0. The van der Waals surface area contributed by atoms with Gasteiger partial charge in [-0.15, -0.1) is 0 Å². The Morgan fingerprint density at radius 2 is 1.76 bits per heavy atom. The molecule has 1 fully saturated rings. The summed E-state index contributed by atoms with van der Waals surface area (Å²) in [5, 5.41) is 10.0. The van der Waals surface area contributed by atoms with Gasteiger partial charge in [-0.1, -0.05) is 59.8 Å². The maximum Gasteiger partial charge on any atom is 0.192 e. The molecule has 33 heavy (non-hydrogen) atoms.